The molecule has 2 aromatic heterocycles. The first-order chi connectivity index (χ1) is 22.1. The van der Waals surface area contributed by atoms with E-state index >= 15 is 0 Å². The number of allylic oxidation sites excluding steroid dienone is 1. The van der Waals surface area contributed by atoms with Gasteiger partial charge in [0, 0.05) is 38.8 Å². The van der Waals surface area contributed by atoms with Gasteiger partial charge in [0.2, 0.25) is 0 Å². The van der Waals surface area contributed by atoms with E-state index in [0.29, 0.717) is 16.8 Å². The van der Waals surface area contributed by atoms with E-state index in [4.69, 9.17) is 9.73 Å². The molecule has 6 rings (SSSR count). The lowest BCUT2D eigenvalue weighted by Gasteiger charge is -2.29. The Bertz CT molecular complexity index is 2240. The number of aliphatic imine (C=N–C) groups is 2. The van der Waals surface area contributed by atoms with Gasteiger partial charge >= 0.3 is 5.97 Å². The summed E-state index contributed by atoms with van der Waals surface area (Å²) < 4.78 is 30.8. The number of H-pyrrole nitrogens is 2. The highest BCUT2D eigenvalue weighted by molar-refractivity contribution is 7.92. The summed E-state index contributed by atoms with van der Waals surface area (Å²) in [5.74, 6) is -1.03. The van der Waals surface area contributed by atoms with Gasteiger partial charge in [-0.2, -0.15) is 5.26 Å². The highest BCUT2D eigenvalue weighted by atomic mass is 32.2. The van der Waals surface area contributed by atoms with Gasteiger partial charge in [-0.1, -0.05) is 44.2 Å². The van der Waals surface area contributed by atoms with Crippen LogP contribution in [-0.4, -0.2) is 52.8 Å². The van der Waals surface area contributed by atoms with Crippen LogP contribution in [0.15, 0.2) is 57.2 Å². The van der Waals surface area contributed by atoms with Crippen molar-refractivity contribution in [2.45, 2.75) is 67.0 Å². The molecule has 2 N–H and O–H groups in total. The van der Waals surface area contributed by atoms with Crippen molar-refractivity contribution in [3.63, 3.8) is 0 Å². The number of nitriles is 1. The summed E-state index contributed by atoms with van der Waals surface area (Å²) in [4.78, 5) is 29.5. The fourth-order valence-corrected chi connectivity index (χ4v) is 7.92. The van der Waals surface area contributed by atoms with Crippen molar-refractivity contribution < 1.29 is 17.9 Å². The molecule has 0 fully saturated rings. The van der Waals surface area contributed by atoms with Crippen LogP contribution in [-0.2, 0) is 26.0 Å². The Balaban J connectivity index is 1.33. The minimum atomic E-state index is -3.40. The fourth-order valence-electron chi connectivity index (χ4n) is 6.30. The number of carbonyl (C=O) groups excluding carboxylic acids is 1. The summed E-state index contributed by atoms with van der Waals surface area (Å²) in [6.07, 6.45) is 6.66. The molecule has 0 spiro atoms. The van der Waals surface area contributed by atoms with Crippen LogP contribution in [0.4, 0.5) is 0 Å². The van der Waals surface area contributed by atoms with Gasteiger partial charge in [-0.05, 0) is 92.7 Å². The Labute approximate surface area is 275 Å². The average molecular weight is 650 g/mol. The lowest BCUT2D eigenvalue weighted by atomic mass is 9.74. The Kier molecular flexibility index (Phi) is 7.87. The van der Waals surface area contributed by atoms with Crippen LogP contribution in [0.25, 0.3) is 18.2 Å². The summed E-state index contributed by atoms with van der Waals surface area (Å²) in [6, 6.07) is 11.7. The van der Waals surface area contributed by atoms with Crippen molar-refractivity contribution in [1.82, 2.24) is 9.97 Å². The Morgan fingerprint density at radius 1 is 0.915 bits per heavy atom. The molecule has 1 aromatic carbocycles. The molecule has 3 aromatic rings. The third kappa shape index (κ3) is 5.85. The summed E-state index contributed by atoms with van der Waals surface area (Å²) in [6.45, 7) is 14.3. The van der Waals surface area contributed by atoms with Gasteiger partial charge in [-0.25, -0.2) is 18.2 Å². The first-order valence-electron chi connectivity index (χ1n) is 15.6. The van der Waals surface area contributed by atoms with Crippen molar-refractivity contribution in [2.24, 2.45) is 15.4 Å². The van der Waals surface area contributed by atoms with Crippen LogP contribution in [0.3, 0.4) is 0 Å². The van der Waals surface area contributed by atoms with Gasteiger partial charge in [-0.3, -0.25) is 4.99 Å². The zero-order valence-corrected chi connectivity index (χ0v) is 28.6. The zero-order valence-electron chi connectivity index (χ0n) is 27.8. The highest BCUT2D eigenvalue weighted by Crippen LogP contribution is 2.43. The lowest BCUT2D eigenvalue weighted by molar-refractivity contribution is -0.136. The average Bonchev–Trinajstić information content (AvgIpc) is 3.74. The standard InChI is InChI=1S/C37H39N5O4S/c1-21-22(2)30(39-29(21)13-26-16-36(5,6)37(7,20-38)42-26)14-31-23(3)24(4)32(40-31)15-33-27-18-47(44,45)19-28(27)34(41-33)35(43)46-17-25-11-9-8-10-12-25/h8-15,39-40H,16-19H2,1-7H3/b29-13+,30-14-,33-15-. The monoisotopic (exact) mass is 649 g/mol. The fraction of sp³-hybridized carbons (Fsp3) is 0.351. The molecular formula is C37H39N5O4S. The molecule has 242 valence electrons. The van der Waals surface area contributed by atoms with E-state index in [1.807, 2.05) is 63.3 Å². The van der Waals surface area contributed by atoms with Crippen molar-refractivity contribution in [3.8, 4) is 6.07 Å². The number of sulfone groups is 1. The van der Waals surface area contributed by atoms with Crippen LogP contribution in [0.2, 0.25) is 0 Å². The van der Waals surface area contributed by atoms with Gasteiger partial charge in [0.15, 0.2) is 15.5 Å². The van der Waals surface area contributed by atoms with E-state index in [1.165, 1.54) is 0 Å². The molecular weight excluding hydrogens is 611 g/mol. The number of esters is 1. The molecule has 0 saturated heterocycles. The third-order valence-corrected chi connectivity index (χ3v) is 11.5. The van der Waals surface area contributed by atoms with Gasteiger partial charge in [0.25, 0.3) is 0 Å². The number of benzene rings is 1. The molecule has 0 saturated carbocycles. The van der Waals surface area contributed by atoms with Crippen LogP contribution in [0.5, 0.6) is 0 Å². The first-order valence-corrected chi connectivity index (χ1v) is 17.5. The number of ether oxygens (including phenoxy) is 1. The number of hydrogen-bond donors (Lipinski definition) is 2. The second-order valence-corrected chi connectivity index (χ2v) is 15.6. The predicted octanol–water partition coefficient (Wildman–Crippen LogP) is 4.60. The van der Waals surface area contributed by atoms with Crippen LogP contribution in [0, 0.1) is 44.4 Å². The van der Waals surface area contributed by atoms with Crippen LogP contribution in [0.1, 0.15) is 66.4 Å². The second kappa shape index (κ2) is 11.5. The second-order valence-electron chi connectivity index (χ2n) is 13.6. The van der Waals surface area contributed by atoms with E-state index in [0.717, 1.165) is 62.0 Å². The largest absolute Gasteiger partial charge is 0.456 e. The Hall–Kier alpha value is -4.75. The molecule has 0 radical (unpaired) electrons. The van der Waals surface area contributed by atoms with Gasteiger partial charge < -0.3 is 14.7 Å². The number of aromatic nitrogens is 2. The predicted molar refractivity (Wildman–Crippen MR) is 185 cm³/mol. The summed E-state index contributed by atoms with van der Waals surface area (Å²) in [5, 5.41) is 11.7. The lowest BCUT2D eigenvalue weighted by Crippen LogP contribution is -2.34. The van der Waals surface area contributed by atoms with E-state index in [2.05, 4.69) is 54.8 Å². The van der Waals surface area contributed by atoms with E-state index in [-0.39, 0.29) is 29.2 Å². The molecule has 3 aliphatic heterocycles. The maximum Gasteiger partial charge on any atom is 0.357 e. The molecule has 0 amide bonds. The molecule has 1 atom stereocenters. The molecule has 9 nitrogen and oxygen atoms in total. The molecule has 10 heteroatoms. The third-order valence-electron chi connectivity index (χ3n) is 10.0. The van der Waals surface area contributed by atoms with Crippen molar-refractivity contribution in [3.05, 3.63) is 97.1 Å². The number of nitrogens with zero attached hydrogens (tertiary/aromatic N) is 3. The Morgan fingerprint density at radius 3 is 2.17 bits per heavy atom. The number of rotatable bonds is 6. The molecule has 5 heterocycles. The highest BCUT2D eigenvalue weighted by Gasteiger charge is 2.46. The molecule has 0 aliphatic carbocycles. The zero-order chi connectivity index (χ0) is 33.9. The minimum absolute atomic E-state index is 0.0579. The van der Waals surface area contributed by atoms with Crippen LogP contribution < -0.4 is 10.7 Å². The minimum Gasteiger partial charge on any atom is -0.456 e. The van der Waals surface area contributed by atoms with E-state index in [1.54, 1.807) is 0 Å². The normalized spacial score (nSPS) is 22.9. The Morgan fingerprint density at radius 2 is 1.53 bits per heavy atom. The first kappa shape index (κ1) is 32.2. The number of aromatic amines is 2. The smallest absolute Gasteiger partial charge is 0.357 e. The van der Waals surface area contributed by atoms with Crippen molar-refractivity contribution in [2.75, 3.05) is 11.5 Å². The topological polar surface area (TPSA) is 141 Å². The summed E-state index contributed by atoms with van der Waals surface area (Å²) in [5.41, 5.74) is 8.14. The molecule has 47 heavy (non-hydrogen) atoms. The molecule has 0 bridgehead atoms. The van der Waals surface area contributed by atoms with E-state index in [9.17, 15) is 18.5 Å². The van der Waals surface area contributed by atoms with Crippen LogP contribution >= 0.6 is 0 Å². The number of nitrogens with one attached hydrogen (secondary N) is 2. The number of carbonyl (C=O) groups is 1. The molecule has 1 unspecified atom stereocenters. The maximum absolute atomic E-state index is 13.1. The van der Waals surface area contributed by atoms with Gasteiger partial charge in [0.05, 0.1) is 23.3 Å². The maximum atomic E-state index is 13.1. The van der Waals surface area contributed by atoms with E-state index < -0.39 is 21.3 Å². The summed E-state index contributed by atoms with van der Waals surface area (Å²) >= 11 is 0. The quantitative estimate of drug-likeness (QED) is 0.376. The van der Waals surface area contributed by atoms with Crippen molar-refractivity contribution >= 4 is 45.5 Å². The number of hydrogen-bond acceptors (Lipinski definition) is 7. The van der Waals surface area contributed by atoms with Gasteiger partial charge in [-0.15, -0.1) is 0 Å². The SMILES string of the molecule is Cc1c(/C=C2\N=C(C(=O)OCc3ccccc3)C3=C2CS(=O)(=O)C3)[nH]c(/C=c2\[nH]/c(=C/C3=NC(C)(C#N)C(C)(C)C3)c(C)c2C)c1C. The molecule has 3 aliphatic rings. The van der Waals surface area contributed by atoms with Gasteiger partial charge in [0.1, 0.15) is 12.1 Å². The summed E-state index contributed by atoms with van der Waals surface area (Å²) in [7, 11) is -3.40. The van der Waals surface area contributed by atoms with Crippen molar-refractivity contribution in [1.29, 1.82) is 5.26 Å².